The van der Waals surface area contributed by atoms with Crippen LogP contribution in [-0.2, 0) is 4.74 Å². The number of ether oxygens (including phenoxy) is 3. The SMILES string of the molecule is COCCNc1nc(-c2cccc(OC)c2)c2c(N)n(-c3ccc(OC)cc3)nc2n1. The third-order valence-corrected chi connectivity index (χ3v) is 4.82. The van der Waals surface area contributed by atoms with Crippen molar-refractivity contribution in [1.82, 2.24) is 19.7 Å². The number of nitrogen functional groups attached to an aromatic ring is 1. The predicted octanol–water partition coefficient (Wildman–Crippen LogP) is 3.14. The lowest BCUT2D eigenvalue weighted by atomic mass is 10.1. The molecule has 0 saturated heterocycles. The summed E-state index contributed by atoms with van der Waals surface area (Å²) in [4.78, 5) is 9.30. The number of fused-ring (bicyclic) bond motifs is 1. The molecule has 4 aromatic rings. The molecule has 4 rings (SSSR count). The zero-order valence-corrected chi connectivity index (χ0v) is 17.6. The van der Waals surface area contributed by atoms with Gasteiger partial charge in [-0.1, -0.05) is 12.1 Å². The van der Waals surface area contributed by atoms with Crippen molar-refractivity contribution in [3.8, 4) is 28.4 Å². The molecule has 0 atom stereocenters. The Morgan fingerprint density at radius 3 is 2.45 bits per heavy atom. The molecular formula is C22H24N6O3. The molecule has 0 unspecified atom stereocenters. The molecule has 2 aromatic heterocycles. The molecule has 160 valence electrons. The molecule has 0 aliphatic heterocycles. The summed E-state index contributed by atoms with van der Waals surface area (Å²) in [7, 11) is 4.90. The van der Waals surface area contributed by atoms with Gasteiger partial charge >= 0.3 is 0 Å². The fraction of sp³-hybridized carbons (Fsp3) is 0.227. The Balaban J connectivity index is 1.88. The van der Waals surface area contributed by atoms with Crippen molar-refractivity contribution >= 4 is 22.8 Å². The zero-order chi connectivity index (χ0) is 21.8. The van der Waals surface area contributed by atoms with Crippen LogP contribution in [0.25, 0.3) is 28.0 Å². The lowest BCUT2D eigenvalue weighted by Crippen LogP contribution is -2.10. The Labute approximate surface area is 179 Å². The van der Waals surface area contributed by atoms with Gasteiger partial charge in [-0.2, -0.15) is 4.98 Å². The van der Waals surface area contributed by atoms with Gasteiger partial charge in [-0.25, -0.2) is 9.67 Å². The van der Waals surface area contributed by atoms with Crippen LogP contribution in [0.5, 0.6) is 11.5 Å². The van der Waals surface area contributed by atoms with E-state index in [1.165, 1.54) is 0 Å². The van der Waals surface area contributed by atoms with Gasteiger partial charge in [0.25, 0.3) is 0 Å². The molecule has 0 bridgehead atoms. The molecule has 0 aliphatic rings. The monoisotopic (exact) mass is 420 g/mol. The number of rotatable bonds is 8. The van der Waals surface area contributed by atoms with Gasteiger partial charge in [-0.3, -0.25) is 0 Å². The molecule has 9 nitrogen and oxygen atoms in total. The van der Waals surface area contributed by atoms with Gasteiger partial charge < -0.3 is 25.3 Å². The number of methoxy groups -OCH3 is 3. The first kappa shape index (κ1) is 20.4. The van der Waals surface area contributed by atoms with Crippen LogP contribution in [0.4, 0.5) is 11.8 Å². The smallest absolute Gasteiger partial charge is 0.225 e. The highest BCUT2D eigenvalue weighted by Crippen LogP contribution is 2.34. The summed E-state index contributed by atoms with van der Waals surface area (Å²) in [6, 6.07) is 15.1. The third kappa shape index (κ3) is 4.08. The molecule has 3 N–H and O–H groups in total. The van der Waals surface area contributed by atoms with Gasteiger partial charge in [0.05, 0.1) is 37.6 Å². The molecule has 31 heavy (non-hydrogen) atoms. The summed E-state index contributed by atoms with van der Waals surface area (Å²) in [5.74, 6) is 2.36. The number of anilines is 2. The normalized spacial score (nSPS) is 10.9. The van der Waals surface area contributed by atoms with Crippen LogP contribution in [0.2, 0.25) is 0 Å². The lowest BCUT2D eigenvalue weighted by molar-refractivity contribution is 0.210. The molecule has 0 radical (unpaired) electrons. The van der Waals surface area contributed by atoms with E-state index in [-0.39, 0.29) is 0 Å². The Morgan fingerprint density at radius 2 is 1.74 bits per heavy atom. The maximum atomic E-state index is 6.54. The minimum atomic E-state index is 0.446. The van der Waals surface area contributed by atoms with E-state index < -0.39 is 0 Å². The molecule has 0 saturated carbocycles. The van der Waals surface area contributed by atoms with Gasteiger partial charge in [0.15, 0.2) is 5.65 Å². The maximum absolute atomic E-state index is 6.54. The van der Waals surface area contributed by atoms with Crippen molar-refractivity contribution in [2.45, 2.75) is 0 Å². The molecule has 2 heterocycles. The van der Waals surface area contributed by atoms with Crippen molar-refractivity contribution in [2.75, 3.05) is 45.5 Å². The Bertz CT molecular complexity index is 1190. The second-order valence-electron chi connectivity index (χ2n) is 6.74. The van der Waals surface area contributed by atoms with Crippen LogP contribution in [0.15, 0.2) is 48.5 Å². The molecule has 0 aliphatic carbocycles. The number of hydrogen-bond acceptors (Lipinski definition) is 8. The number of nitrogens with two attached hydrogens (primary N) is 1. The zero-order valence-electron chi connectivity index (χ0n) is 17.6. The predicted molar refractivity (Wildman–Crippen MR) is 120 cm³/mol. The summed E-state index contributed by atoms with van der Waals surface area (Å²) >= 11 is 0. The largest absolute Gasteiger partial charge is 0.497 e. The second-order valence-corrected chi connectivity index (χ2v) is 6.74. The van der Waals surface area contributed by atoms with Crippen LogP contribution < -0.4 is 20.5 Å². The molecule has 2 aromatic carbocycles. The summed E-state index contributed by atoms with van der Waals surface area (Å²) in [6.45, 7) is 1.09. The van der Waals surface area contributed by atoms with Crippen molar-refractivity contribution in [3.63, 3.8) is 0 Å². The highest BCUT2D eigenvalue weighted by Gasteiger charge is 2.19. The third-order valence-electron chi connectivity index (χ3n) is 4.82. The number of nitrogens with zero attached hydrogens (tertiary/aromatic N) is 4. The van der Waals surface area contributed by atoms with Gasteiger partial charge in [-0.05, 0) is 36.4 Å². The van der Waals surface area contributed by atoms with E-state index in [1.54, 1.807) is 26.0 Å². The number of benzene rings is 2. The van der Waals surface area contributed by atoms with E-state index >= 15 is 0 Å². The van der Waals surface area contributed by atoms with Crippen LogP contribution in [-0.4, -0.2) is 54.2 Å². The van der Waals surface area contributed by atoms with Gasteiger partial charge in [0, 0.05) is 19.2 Å². The van der Waals surface area contributed by atoms with Crippen molar-refractivity contribution < 1.29 is 14.2 Å². The average molecular weight is 420 g/mol. The van der Waals surface area contributed by atoms with Gasteiger partial charge in [0.2, 0.25) is 5.95 Å². The first-order valence-corrected chi connectivity index (χ1v) is 9.72. The topological polar surface area (TPSA) is 109 Å². The fourth-order valence-corrected chi connectivity index (χ4v) is 3.26. The number of aromatic nitrogens is 4. The van der Waals surface area contributed by atoms with E-state index in [9.17, 15) is 0 Å². The number of nitrogens with one attached hydrogen (secondary N) is 1. The maximum Gasteiger partial charge on any atom is 0.225 e. The Hall–Kier alpha value is -3.85. The lowest BCUT2D eigenvalue weighted by Gasteiger charge is -2.09. The molecule has 0 fully saturated rings. The summed E-state index contributed by atoms with van der Waals surface area (Å²) < 4.78 is 17.4. The molecule has 0 spiro atoms. The van der Waals surface area contributed by atoms with Crippen molar-refractivity contribution in [1.29, 1.82) is 0 Å². The minimum Gasteiger partial charge on any atom is -0.497 e. The second kappa shape index (κ2) is 8.88. The average Bonchev–Trinajstić information content (AvgIpc) is 3.15. The quantitative estimate of drug-likeness (QED) is 0.419. The van der Waals surface area contributed by atoms with Crippen molar-refractivity contribution in [2.24, 2.45) is 0 Å². The number of hydrogen-bond donors (Lipinski definition) is 2. The molecule has 9 heteroatoms. The summed E-state index contributed by atoms with van der Waals surface area (Å²) in [5, 5.41) is 8.50. The van der Waals surface area contributed by atoms with Crippen LogP contribution >= 0.6 is 0 Å². The Morgan fingerprint density at radius 1 is 0.968 bits per heavy atom. The first-order chi connectivity index (χ1) is 15.1. The van der Waals surface area contributed by atoms with Gasteiger partial charge in [-0.15, -0.1) is 5.10 Å². The summed E-state index contributed by atoms with van der Waals surface area (Å²) in [6.07, 6.45) is 0. The van der Waals surface area contributed by atoms with Crippen LogP contribution in [0.1, 0.15) is 0 Å². The standard InChI is InChI=1S/C22H24N6O3/c1-29-12-11-24-22-25-19(14-5-4-6-17(13-14)31-3)18-20(23)28(27-21(18)26-22)15-7-9-16(30-2)10-8-15/h4-10,13H,11-12,23H2,1-3H3,(H,24,26,27). The highest BCUT2D eigenvalue weighted by atomic mass is 16.5. The van der Waals surface area contributed by atoms with E-state index in [4.69, 9.17) is 24.9 Å². The van der Waals surface area contributed by atoms with Crippen molar-refractivity contribution in [3.05, 3.63) is 48.5 Å². The first-order valence-electron chi connectivity index (χ1n) is 9.72. The van der Waals surface area contributed by atoms with E-state index in [0.29, 0.717) is 41.6 Å². The van der Waals surface area contributed by atoms with E-state index in [0.717, 1.165) is 22.7 Å². The van der Waals surface area contributed by atoms with E-state index in [2.05, 4.69) is 15.4 Å². The molecule has 0 amide bonds. The minimum absolute atomic E-state index is 0.446. The van der Waals surface area contributed by atoms with Gasteiger partial charge in [0.1, 0.15) is 17.3 Å². The fourth-order valence-electron chi connectivity index (χ4n) is 3.26. The van der Waals surface area contributed by atoms with Crippen LogP contribution in [0.3, 0.4) is 0 Å². The highest BCUT2D eigenvalue weighted by molar-refractivity contribution is 5.99. The van der Waals surface area contributed by atoms with Crippen LogP contribution in [0, 0.1) is 0 Å². The Kier molecular flexibility index (Phi) is 5.85. The molecular weight excluding hydrogens is 396 g/mol. The summed E-state index contributed by atoms with van der Waals surface area (Å²) in [5.41, 5.74) is 9.34. The van der Waals surface area contributed by atoms with E-state index in [1.807, 2.05) is 48.5 Å².